The Morgan fingerprint density at radius 3 is 2.74 bits per heavy atom. The third kappa shape index (κ3) is 3.76. The molecule has 1 N–H and O–H groups in total. The van der Waals surface area contributed by atoms with Gasteiger partial charge in [-0.1, -0.05) is 0 Å². The predicted octanol–water partition coefficient (Wildman–Crippen LogP) is 2.45. The maximum atomic E-state index is 12.1. The van der Waals surface area contributed by atoms with E-state index in [1.54, 1.807) is 6.20 Å². The quantitative estimate of drug-likeness (QED) is 0.928. The van der Waals surface area contributed by atoms with Crippen LogP contribution in [0.4, 0.5) is 0 Å². The number of likely N-dealkylation sites (tertiary alicyclic amines) is 1. The highest BCUT2D eigenvalue weighted by molar-refractivity contribution is 9.10. The minimum atomic E-state index is -0.0875. The molecule has 19 heavy (non-hydrogen) atoms. The van der Waals surface area contributed by atoms with E-state index in [-0.39, 0.29) is 11.9 Å². The smallest absolute Gasteiger partial charge is 0.271 e. The van der Waals surface area contributed by atoms with Crippen molar-refractivity contribution in [2.45, 2.75) is 38.8 Å². The molecule has 4 nitrogen and oxygen atoms in total. The molecule has 0 unspecified atom stereocenters. The van der Waals surface area contributed by atoms with Crippen LogP contribution in [0, 0.1) is 0 Å². The Bertz CT molecular complexity index is 442. The zero-order valence-corrected chi connectivity index (χ0v) is 13.0. The molecule has 1 aromatic heterocycles. The first-order valence-corrected chi connectivity index (χ1v) is 7.52. The molecule has 1 fully saturated rings. The number of hydrogen-bond donors (Lipinski definition) is 1. The second kappa shape index (κ2) is 6.48. The van der Waals surface area contributed by atoms with Crippen molar-refractivity contribution in [1.82, 2.24) is 15.2 Å². The summed E-state index contributed by atoms with van der Waals surface area (Å²) in [4.78, 5) is 18.7. The van der Waals surface area contributed by atoms with E-state index in [0.717, 1.165) is 30.4 Å². The second-order valence-electron chi connectivity index (χ2n) is 5.21. The molecule has 104 valence electrons. The summed E-state index contributed by atoms with van der Waals surface area (Å²) in [5.74, 6) is -0.0875. The number of pyridine rings is 1. The van der Waals surface area contributed by atoms with Gasteiger partial charge in [0.2, 0.25) is 0 Å². The molecule has 2 rings (SSSR count). The molecule has 1 aliphatic heterocycles. The number of carbonyl (C=O) groups excluding carboxylic acids is 1. The first-order chi connectivity index (χ1) is 9.08. The van der Waals surface area contributed by atoms with Crippen LogP contribution in [0.3, 0.4) is 0 Å². The summed E-state index contributed by atoms with van der Waals surface area (Å²) in [7, 11) is 0. The van der Waals surface area contributed by atoms with E-state index in [2.05, 4.69) is 45.0 Å². The van der Waals surface area contributed by atoms with E-state index in [1.165, 1.54) is 0 Å². The van der Waals surface area contributed by atoms with Crippen molar-refractivity contribution in [3.8, 4) is 0 Å². The highest BCUT2D eigenvalue weighted by Crippen LogP contribution is 2.16. The van der Waals surface area contributed by atoms with Crippen LogP contribution in [-0.2, 0) is 0 Å². The van der Waals surface area contributed by atoms with Gasteiger partial charge < -0.3 is 10.2 Å². The van der Waals surface area contributed by atoms with Crippen LogP contribution in [0.15, 0.2) is 22.8 Å². The lowest BCUT2D eigenvalue weighted by atomic mass is 10.0. The number of halogens is 1. The lowest BCUT2D eigenvalue weighted by molar-refractivity contribution is 0.0895. The molecule has 0 atom stereocenters. The van der Waals surface area contributed by atoms with Crippen molar-refractivity contribution < 1.29 is 4.79 Å². The summed E-state index contributed by atoms with van der Waals surface area (Å²) < 4.78 is 0.743. The van der Waals surface area contributed by atoms with Gasteiger partial charge >= 0.3 is 0 Å². The van der Waals surface area contributed by atoms with Gasteiger partial charge in [0.25, 0.3) is 5.91 Å². The number of hydrogen-bond acceptors (Lipinski definition) is 3. The lowest BCUT2D eigenvalue weighted by Crippen LogP contribution is -2.46. The average Bonchev–Trinajstić information content (AvgIpc) is 2.39. The predicted molar refractivity (Wildman–Crippen MR) is 79.1 cm³/mol. The van der Waals surface area contributed by atoms with Crippen LogP contribution in [0.5, 0.6) is 0 Å². The molecule has 0 bridgehead atoms. The molecule has 1 amide bonds. The molecule has 0 saturated carbocycles. The van der Waals surface area contributed by atoms with Crippen LogP contribution >= 0.6 is 15.9 Å². The third-order valence-corrected chi connectivity index (χ3v) is 4.21. The minimum Gasteiger partial charge on any atom is -0.348 e. The number of nitrogens with one attached hydrogen (secondary N) is 1. The minimum absolute atomic E-state index is 0.0875. The maximum Gasteiger partial charge on any atom is 0.271 e. The van der Waals surface area contributed by atoms with Gasteiger partial charge in [-0.15, -0.1) is 0 Å². The number of rotatable bonds is 3. The van der Waals surface area contributed by atoms with Crippen molar-refractivity contribution in [2.75, 3.05) is 13.1 Å². The van der Waals surface area contributed by atoms with Crippen LogP contribution in [-0.4, -0.2) is 41.0 Å². The van der Waals surface area contributed by atoms with E-state index in [9.17, 15) is 4.79 Å². The molecule has 0 aliphatic carbocycles. The molecule has 2 heterocycles. The van der Waals surface area contributed by atoms with E-state index in [0.29, 0.717) is 11.7 Å². The topological polar surface area (TPSA) is 45.2 Å². The summed E-state index contributed by atoms with van der Waals surface area (Å²) in [6.07, 6.45) is 3.66. The van der Waals surface area contributed by atoms with Gasteiger partial charge in [-0.05, 0) is 54.8 Å². The Morgan fingerprint density at radius 2 is 2.16 bits per heavy atom. The second-order valence-corrected chi connectivity index (χ2v) is 6.07. The highest BCUT2D eigenvalue weighted by Gasteiger charge is 2.23. The summed E-state index contributed by atoms with van der Waals surface area (Å²) in [6.45, 7) is 6.52. The van der Waals surface area contributed by atoms with Gasteiger partial charge in [-0.25, -0.2) is 4.98 Å². The van der Waals surface area contributed by atoms with Gasteiger partial charge in [0.1, 0.15) is 5.69 Å². The third-order valence-electron chi connectivity index (χ3n) is 3.57. The molecule has 0 spiro atoms. The van der Waals surface area contributed by atoms with Crippen LogP contribution < -0.4 is 5.32 Å². The number of aromatic nitrogens is 1. The van der Waals surface area contributed by atoms with Crippen LogP contribution in [0.2, 0.25) is 0 Å². The molecule has 0 radical (unpaired) electrons. The Labute approximate surface area is 122 Å². The zero-order valence-electron chi connectivity index (χ0n) is 11.4. The molecular formula is C14H20BrN3O. The fourth-order valence-electron chi connectivity index (χ4n) is 2.37. The maximum absolute atomic E-state index is 12.1. The molecule has 1 aliphatic rings. The van der Waals surface area contributed by atoms with Crippen LogP contribution in [0.25, 0.3) is 0 Å². The number of piperidine rings is 1. The number of nitrogens with zero attached hydrogens (tertiary/aromatic N) is 2. The van der Waals surface area contributed by atoms with Crippen molar-refractivity contribution in [3.63, 3.8) is 0 Å². The van der Waals surface area contributed by atoms with Gasteiger partial charge in [0.05, 0.1) is 0 Å². The van der Waals surface area contributed by atoms with Crippen LogP contribution in [0.1, 0.15) is 37.2 Å². The van der Waals surface area contributed by atoms with Crippen molar-refractivity contribution >= 4 is 21.8 Å². The molecule has 1 saturated heterocycles. The Hall–Kier alpha value is -0.940. The lowest BCUT2D eigenvalue weighted by Gasteiger charge is -2.34. The summed E-state index contributed by atoms with van der Waals surface area (Å²) in [6, 6.07) is 4.49. The number of carbonyl (C=O) groups is 1. The average molecular weight is 326 g/mol. The largest absolute Gasteiger partial charge is 0.348 e. The van der Waals surface area contributed by atoms with E-state index >= 15 is 0 Å². The Kier molecular flexibility index (Phi) is 4.93. The van der Waals surface area contributed by atoms with E-state index in [4.69, 9.17) is 0 Å². The summed E-state index contributed by atoms with van der Waals surface area (Å²) in [5.41, 5.74) is 0.466. The molecule has 1 aromatic rings. The molecule has 0 aromatic carbocycles. The molecular weight excluding hydrogens is 306 g/mol. The fraction of sp³-hybridized carbons (Fsp3) is 0.571. The normalized spacial score (nSPS) is 17.7. The van der Waals surface area contributed by atoms with Gasteiger partial charge in [-0.2, -0.15) is 0 Å². The Morgan fingerprint density at radius 1 is 1.47 bits per heavy atom. The summed E-state index contributed by atoms with van der Waals surface area (Å²) >= 11 is 3.36. The van der Waals surface area contributed by atoms with Crippen molar-refractivity contribution in [3.05, 3.63) is 28.5 Å². The van der Waals surface area contributed by atoms with Gasteiger partial charge in [-0.3, -0.25) is 4.79 Å². The fourth-order valence-corrected chi connectivity index (χ4v) is 2.80. The van der Waals surface area contributed by atoms with Gasteiger partial charge in [0.15, 0.2) is 0 Å². The first-order valence-electron chi connectivity index (χ1n) is 6.73. The highest BCUT2D eigenvalue weighted by atomic mass is 79.9. The number of amides is 1. The zero-order chi connectivity index (χ0) is 13.8. The summed E-state index contributed by atoms with van der Waals surface area (Å²) in [5, 5.41) is 3.08. The SMILES string of the molecule is CC(C)N1CCC(NC(=O)c2ncccc2Br)CC1. The van der Waals surface area contributed by atoms with Gasteiger partial charge in [0, 0.05) is 35.8 Å². The van der Waals surface area contributed by atoms with E-state index < -0.39 is 0 Å². The Balaban J connectivity index is 1.89. The van der Waals surface area contributed by atoms with E-state index in [1.807, 2.05) is 12.1 Å². The monoisotopic (exact) mass is 325 g/mol. The first kappa shape index (κ1) is 14.5. The molecule has 5 heteroatoms. The standard InChI is InChI=1S/C14H20BrN3O/c1-10(2)18-8-5-11(6-9-18)17-14(19)13-12(15)4-3-7-16-13/h3-4,7,10-11H,5-6,8-9H2,1-2H3,(H,17,19). The van der Waals surface area contributed by atoms with Crippen molar-refractivity contribution in [1.29, 1.82) is 0 Å². The van der Waals surface area contributed by atoms with Crippen molar-refractivity contribution in [2.24, 2.45) is 0 Å².